The molecule has 0 aromatic rings. The van der Waals surface area contributed by atoms with Gasteiger partial charge in [0.15, 0.2) is 0 Å². The Balaban J connectivity index is 2.54. The summed E-state index contributed by atoms with van der Waals surface area (Å²) in [6, 6.07) is -0.489. The summed E-state index contributed by atoms with van der Waals surface area (Å²) in [4.78, 5) is 21.9. The second-order valence-electron chi connectivity index (χ2n) is 4.36. The van der Waals surface area contributed by atoms with Gasteiger partial charge < -0.3 is 5.32 Å². The Morgan fingerprint density at radius 3 is 2.35 bits per heavy atom. The van der Waals surface area contributed by atoms with Crippen LogP contribution in [0.25, 0.3) is 0 Å². The van der Waals surface area contributed by atoms with Crippen LogP contribution in [0, 0.1) is 5.92 Å². The third kappa shape index (κ3) is 4.02. The van der Waals surface area contributed by atoms with Gasteiger partial charge in [-0.1, -0.05) is 6.92 Å². The monoisotopic (exact) mass is 251 g/mol. The van der Waals surface area contributed by atoms with Crippen LogP contribution in [-0.4, -0.2) is 23.9 Å². The molecule has 6 heteroatoms. The van der Waals surface area contributed by atoms with Crippen molar-refractivity contribution in [3.8, 4) is 0 Å². The van der Waals surface area contributed by atoms with E-state index in [0.29, 0.717) is 32.1 Å². The fraction of sp³-hybridized carbons (Fsp3) is 0.818. The molecule has 1 aliphatic rings. The first-order chi connectivity index (χ1) is 7.84. The van der Waals surface area contributed by atoms with Crippen molar-refractivity contribution in [1.29, 1.82) is 0 Å². The third-order valence-electron chi connectivity index (χ3n) is 3.17. The van der Waals surface area contributed by atoms with E-state index in [1.54, 1.807) is 6.92 Å². The quantitative estimate of drug-likeness (QED) is 0.835. The highest BCUT2D eigenvalue weighted by Gasteiger charge is 2.40. The van der Waals surface area contributed by atoms with Gasteiger partial charge in [-0.05, 0) is 25.2 Å². The van der Waals surface area contributed by atoms with E-state index in [1.807, 2.05) is 5.32 Å². The minimum absolute atomic E-state index is 0.0241. The Morgan fingerprint density at radius 1 is 1.41 bits per heavy atom. The molecule has 1 aliphatic carbocycles. The highest BCUT2D eigenvalue weighted by Crippen LogP contribution is 2.27. The Kier molecular flexibility index (Phi) is 4.54. The van der Waals surface area contributed by atoms with Gasteiger partial charge in [0, 0.05) is 18.9 Å². The highest BCUT2D eigenvalue weighted by atomic mass is 19.4. The molecule has 1 unspecified atom stereocenters. The van der Waals surface area contributed by atoms with Crippen LogP contribution in [-0.2, 0) is 9.59 Å². The number of carbonyl (C=O) groups is 2. The Bertz CT molecular complexity index is 292. The number of Topliss-reactive ketones (excluding diaryl/α,β-unsaturated/α-hetero) is 1. The van der Waals surface area contributed by atoms with E-state index in [4.69, 9.17) is 0 Å². The maximum Gasteiger partial charge on any atom is 0.471 e. The van der Waals surface area contributed by atoms with E-state index in [-0.39, 0.29) is 11.7 Å². The van der Waals surface area contributed by atoms with Crippen molar-refractivity contribution in [2.45, 2.75) is 51.2 Å². The summed E-state index contributed by atoms with van der Waals surface area (Å²) in [5.41, 5.74) is 0. The number of carbonyl (C=O) groups excluding carboxylic acids is 2. The minimum atomic E-state index is -4.84. The molecule has 1 rings (SSSR count). The van der Waals surface area contributed by atoms with Gasteiger partial charge in [-0.25, -0.2) is 0 Å². The first kappa shape index (κ1) is 14.0. The van der Waals surface area contributed by atoms with Gasteiger partial charge in [0.05, 0.1) is 0 Å². The average Bonchev–Trinajstić information content (AvgIpc) is 2.25. The summed E-state index contributed by atoms with van der Waals surface area (Å²) in [6.45, 7) is 1.73. The van der Waals surface area contributed by atoms with Gasteiger partial charge in [0.2, 0.25) is 0 Å². The molecule has 0 saturated heterocycles. The molecule has 0 spiro atoms. The largest absolute Gasteiger partial charge is 0.471 e. The second kappa shape index (κ2) is 5.51. The molecule has 17 heavy (non-hydrogen) atoms. The lowest BCUT2D eigenvalue weighted by molar-refractivity contribution is -0.174. The fourth-order valence-corrected chi connectivity index (χ4v) is 2.17. The van der Waals surface area contributed by atoms with Gasteiger partial charge in [0.25, 0.3) is 0 Å². The molecule has 1 N–H and O–H groups in total. The first-order valence-corrected chi connectivity index (χ1v) is 5.74. The maximum atomic E-state index is 12.1. The van der Waals surface area contributed by atoms with Crippen molar-refractivity contribution in [2.75, 3.05) is 0 Å². The van der Waals surface area contributed by atoms with Crippen LogP contribution in [0.4, 0.5) is 13.2 Å². The van der Waals surface area contributed by atoms with Crippen LogP contribution in [0.3, 0.4) is 0 Å². The highest BCUT2D eigenvalue weighted by molar-refractivity contribution is 5.82. The lowest BCUT2D eigenvalue weighted by Crippen LogP contribution is -2.46. The Labute approximate surface area is 97.8 Å². The van der Waals surface area contributed by atoms with E-state index < -0.39 is 18.1 Å². The summed E-state index contributed by atoms with van der Waals surface area (Å²) in [5.74, 6) is -1.76. The smallest absolute Gasteiger partial charge is 0.345 e. The maximum absolute atomic E-state index is 12.1. The predicted octanol–water partition coefficient (Wildman–Crippen LogP) is 2.20. The molecule has 1 atom stereocenters. The summed E-state index contributed by atoms with van der Waals surface area (Å²) in [6.07, 6.45) is -2.45. The van der Waals surface area contributed by atoms with Crippen molar-refractivity contribution in [2.24, 2.45) is 5.92 Å². The number of amides is 1. The van der Waals surface area contributed by atoms with E-state index in [0.717, 1.165) is 0 Å². The fourth-order valence-electron chi connectivity index (χ4n) is 2.17. The van der Waals surface area contributed by atoms with Crippen molar-refractivity contribution >= 4 is 11.7 Å². The molecule has 0 radical (unpaired) electrons. The van der Waals surface area contributed by atoms with Gasteiger partial charge >= 0.3 is 12.1 Å². The van der Waals surface area contributed by atoms with Crippen LogP contribution < -0.4 is 5.32 Å². The Hall–Kier alpha value is -1.07. The number of rotatable bonds is 3. The van der Waals surface area contributed by atoms with Gasteiger partial charge in [-0.15, -0.1) is 0 Å². The topological polar surface area (TPSA) is 46.2 Å². The van der Waals surface area contributed by atoms with Crippen LogP contribution in [0.2, 0.25) is 0 Å². The van der Waals surface area contributed by atoms with Crippen molar-refractivity contribution in [1.82, 2.24) is 5.32 Å². The average molecular weight is 251 g/mol. The van der Waals surface area contributed by atoms with Crippen molar-refractivity contribution < 1.29 is 22.8 Å². The molecule has 1 saturated carbocycles. The summed E-state index contributed by atoms with van der Waals surface area (Å²) in [5, 5.41) is 2.02. The summed E-state index contributed by atoms with van der Waals surface area (Å²) in [7, 11) is 0. The molecule has 3 nitrogen and oxygen atoms in total. The van der Waals surface area contributed by atoms with Crippen molar-refractivity contribution in [3.63, 3.8) is 0 Å². The number of halogens is 3. The van der Waals surface area contributed by atoms with E-state index in [2.05, 4.69) is 0 Å². The minimum Gasteiger partial charge on any atom is -0.345 e. The van der Waals surface area contributed by atoms with Crippen LogP contribution >= 0.6 is 0 Å². The zero-order chi connectivity index (χ0) is 13.1. The molecular formula is C11H16F3NO2. The standard InChI is InChI=1S/C11H16F3NO2/c1-2-9(15-10(17)11(12,13)14)7-3-5-8(16)6-4-7/h7,9H,2-6H2,1H3,(H,15,17). The van der Waals surface area contributed by atoms with Gasteiger partial charge in [-0.3, -0.25) is 9.59 Å². The van der Waals surface area contributed by atoms with E-state index in [9.17, 15) is 22.8 Å². The van der Waals surface area contributed by atoms with E-state index >= 15 is 0 Å². The third-order valence-corrected chi connectivity index (χ3v) is 3.17. The SMILES string of the molecule is CCC(NC(=O)C(F)(F)F)C1CCC(=O)CC1. The second-order valence-corrected chi connectivity index (χ2v) is 4.36. The van der Waals surface area contributed by atoms with Crippen molar-refractivity contribution in [3.05, 3.63) is 0 Å². The molecule has 1 fully saturated rings. The lowest BCUT2D eigenvalue weighted by Gasteiger charge is -2.29. The first-order valence-electron chi connectivity index (χ1n) is 5.74. The molecule has 98 valence electrons. The zero-order valence-corrected chi connectivity index (χ0v) is 9.64. The molecule has 0 aromatic carbocycles. The molecule has 0 aliphatic heterocycles. The van der Waals surface area contributed by atoms with E-state index in [1.165, 1.54) is 0 Å². The Morgan fingerprint density at radius 2 is 1.94 bits per heavy atom. The summed E-state index contributed by atoms with van der Waals surface area (Å²) >= 11 is 0. The lowest BCUT2D eigenvalue weighted by atomic mass is 9.82. The number of ketones is 1. The van der Waals surface area contributed by atoms with Gasteiger partial charge in [-0.2, -0.15) is 13.2 Å². The predicted molar refractivity (Wildman–Crippen MR) is 55.2 cm³/mol. The molecule has 0 heterocycles. The van der Waals surface area contributed by atoms with Crippen LogP contribution in [0.15, 0.2) is 0 Å². The summed E-state index contributed by atoms with van der Waals surface area (Å²) < 4.78 is 36.3. The molecule has 0 aromatic heterocycles. The normalized spacial score (nSPS) is 20.1. The molecule has 0 bridgehead atoms. The van der Waals surface area contributed by atoms with Crippen LogP contribution in [0.5, 0.6) is 0 Å². The zero-order valence-electron chi connectivity index (χ0n) is 9.64. The molecule has 1 amide bonds. The van der Waals surface area contributed by atoms with Gasteiger partial charge in [0.1, 0.15) is 5.78 Å². The van der Waals surface area contributed by atoms with Crippen LogP contribution in [0.1, 0.15) is 39.0 Å². The number of alkyl halides is 3. The number of hydrogen-bond acceptors (Lipinski definition) is 2. The molecular weight excluding hydrogens is 235 g/mol. The number of nitrogens with one attached hydrogen (secondary N) is 1. The number of hydrogen-bond donors (Lipinski definition) is 1.